The zero-order chi connectivity index (χ0) is 14.2. The van der Waals surface area contributed by atoms with Gasteiger partial charge in [-0.15, -0.1) is 0 Å². The number of carbonyl (C=O) groups excluding carboxylic acids is 1. The first-order valence-electron chi connectivity index (χ1n) is 6.40. The third-order valence-corrected chi connectivity index (χ3v) is 2.59. The molecule has 104 valence electrons. The highest BCUT2D eigenvalue weighted by molar-refractivity contribution is 5.92. The number of anilines is 1. The van der Waals surface area contributed by atoms with Crippen molar-refractivity contribution in [3.8, 4) is 5.75 Å². The molecule has 2 aromatic rings. The van der Waals surface area contributed by atoms with E-state index in [1.165, 1.54) is 0 Å². The summed E-state index contributed by atoms with van der Waals surface area (Å²) in [6.45, 7) is 0.952. The zero-order valence-electron chi connectivity index (χ0n) is 11.1. The van der Waals surface area contributed by atoms with Crippen LogP contribution in [-0.2, 0) is 11.2 Å². The van der Waals surface area contributed by atoms with E-state index < -0.39 is 0 Å². The lowest BCUT2D eigenvalue weighted by Gasteiger charge is -2.07. The number of pyridine rings is 1. The summed E-state index contributed by atoms with van der Waals surface area (Å²) < 4.78 is 5.36. The molecule has 1 amide bonds. The van der Waals surface area contributed by atoms with Crippen molar-refractivity contribution in [3.63, 3.8) is 0 Å². The van der Waals surface area contributed by atoms with Crippen LogP contribution in [0.25, 0.3) is 0 Å². The molecular weight excluding hydrogens is 254 g/mol. The standard InChI is InChI=1S/C15H17N3O2/c16-8-10-20-14-6-4-12(5-7-14)18-15(19)11-13-3-1-2-9-17-13/h1-7,9H,8,10-11,16H2,(H,18,19). The summed E-state index contributed by atoms with van der Waals surface area (Å²) in [6, 6.07) is 12.7. The van der Waals surface area contributed by atoms with Crippen LogP contribution in [0.4, 0.5) is 5.69 Å². The molecule has 0 spiro atoms. The number of benzene rings is 1. The van der Waals surface area contributed by atoms with E-state index in [0.717, 1.165) is 17.1 Å². The van der Waals surface area contributed by atoms with Gasteiger partial charge in [-0.2, -0.15) is 0 Å². The third-order valence-electron chi connectivity index (χ3n) is 2.59. The van der Waals surface area contributed by atoms with Gasteiger partial charge >= 0.3 is 0 Å². The van der Waals surface area contributed by atoms with Gasteiger partial charge in [0.05, 0.1) is 6.42 Å². The number of hydrogen-bond donors (Lipinski definition) is 2. The molecule has 2 rings (SSSR count). The first kappa shape index (κ1) is 14.0. The number of carbonyl (C=O) groups is 1. The Morgan fingerprint density at radius 1 is 1.20 bits per heavy atom. The lowest BCUT2D eigenvalue weighted by Crippen LogP contribution is -2.15. The van der Waals surface area contributed by atoms with Crippen molar-refractivity contribution in [3.05, 3.63) is 54.4 Å². The van der Waals surface area contributed by atoms with Crippen LogP contribution in [-0.4, -0.2) is 24.0 Å². The fourth-order valence-corrected chi connectivity index (χ4v) is 1.68. The first-order chi connectivity index (χ1) is 9.78. The SMILES string of the molecule is NCCOc1ccc(NC(=O)Cc2ccccn2)cc1. The molecule has 0 atom stereocenters. The van der Waals surface area contributed by atoms with Crippen molar-refractivity contribution in [1.82, 2.24) is 4.98 Å². The number of nitrogens with two attached hydrogens (primary N) is 1. The number of nitrogens with one attached hydrogen (secondary N) is 1. The van der Waals surface area contributed by atoms with E-state index in [4.69, 9.17) is 10.5 Å². The predicted octanol–water partition coefficient (Wildman–Crippen LogP) is 1.60. The van der Waals surface area contributed by atoms with Crippen molar-refractivity contribution in [2.45, 2.75) is 6.42 Å². The molecule has 1 heterocycles. The maximum Gasteiger partial charge on any atom is 0.230 e. The summed E-state index contributed by atoms with van der Waals surface area (Å²) >= 11 is 0. The van der Waals surface area contributed by atoms with Crippen molar-refractivity contribution < 1.29 is 9.53 Å². The monoisotopic (exact) mass is 271 g/mol. The van der Waals surface area contributed by atoms with Gasteiger partial charge in [0, 0.05) is 24.1 Å². The van der Waals surface area contributed by atoms with Gasteiger partial charge in [0.1, 0.15) is 12.4 Å². The molecule has 0 fully saturated rings. The molecule has 0 unspecified atom stereocenters. The van der Waals surface area contributed by atoms with Gasteiger partial charge in [0.15, 0.2) is 0 Å². The Morgan fingerprint density at radius 3 is 2.65 bits per heavy atom. The summed E-state index contributed by atoms with van der Waals surface area (Å²) in [5.41, 5.74) is 6.83. The number of amides is 1. The highest BCUT2D eigenvalue weighted by atomic mass is 16.5. The maximum absolute atomic E-state index is 11.8. The Bertz CT molecular complexity index is 541. The van der Waals surface area contributed by atoms with Crippen molar-refractivity contribution in [2.24, 2.45) is 5.73 Å². The lowest BCUT2D eigenvalue weighted by molar-refractivity contribution is -0.115. The van der Waals surface area contributed by atoms with Crippen molar-refractivity contribution in [1.29, 1.82) is 0 Å². The van der Waals surface area contributed by atoms with Gasteiger partial charge < -0.3 is 15.8 Å². The van der Waals surface area contributed by atoms with Gasteiger partial charge in [0.25, 0.3) is 0 Å². The molecule has 0 saturated heterocycles. The Morgan fingerprint density at radius 2 is 2.00 bits per heavy atom. The van der Waals surface area contributed by atoms with Gasteiger partial charge in [0.2, 0.25) is 5.91 Å². The molecule has 5 heteroatoms. The van der Waals surface area contributed by atoms with Gasteiger partial charge in [-0.1, -0.05) is 6.07 Å². The summed E-state index contributed by atoms with van der Waals surface area (Å²) in [6.07, 6.45) is 1.93. The number of ether oxygens (including phenoxy) is 1. The molecule has 0 aliphatic heterocycles. The van der Waals surface area contributed by atoms with Crippen molar-refractivity contribution in [2.75, 3.05) is 18.5 Å². The van der Waals surface area contributed by atoms with Crippen LogP contribution in [0.15, 0.2) is 48.7 Å². The Hall–Kier alpha value is -2.40. The van der Waals surface area contributed by atoms with E-state index in [1.54, 1.807) is 30.5 Å². The molecule has 5 nitrogen and oxygen atoms in total. The summed E-state index contributed by atoms with van der Waals surface area (Å²) in [5, 5.41) is 2.81. The van der Waals surface area contributed by atoms with E-state index in [2.05, 4.69) is 10.3 Å². The second kappa shape index (κ2) is 7.25. The summed E-state index contributed by atoms with van der Waals surface area (Å²) in [5.74, 6) is 0.637. The molecule has 1 aromatic heterocycles. The van der Waals surface area contributed by atoms with Crippen LogP contribution in [0.5, 0.6) is 5.75 Å². The zero-order valence-corrected chi connectivity index (χ0v) is 11.1. The predicted molar refractivity (Wildman–Crippen MR) is 77.6 cm³/mol. The van der Waals surface area contributed by atoms with Crippen LogP contribution in [0.1, 0.15) is 5.69 Å². The number of aromatic nitrogens is 1. The smallest absolute Gasteiger partial charge is 0.230 e. The molecule has 0 radical (unpaired) electrons. The second-order valence-electron chi connectivity index (χ2n) is 4.21. The molecular formula is C15H17N3O2. The normalized spacial score (nSPS) is 10.1. The highest BCUT2D eigenvalue weighted by Gasteiger charge is 2.04. The third kappa shape index (κ3) is 4.37. The molecule has 1 aromatic carbocycles. The average Bonchev–Trinajstić information content (AvgIpc) is 2.47. The van der Waals surface area contributed by atoms with Crippen LogP contribution in [0.3, 0.4) is 0 Å². The number of rotatable bonds is 6. The lowest BCUT2D eigenvalue weighted by atomic mass is 10.2. The molecule has 20 heavy (non-hydrogen) atoms. The molecule has 0 aliphatic carbocycles. The maximum atomic E-state index is 11.8. The quantitative estimate of drug-likeness (QED) is 0.836. The summed E-state index contributed by atoms with van der Waals surface area (Å²) in [7, 11) is 0. The molecule has 0 saturated carbocycles. The van der Waals surface area contributed by atoms with Crippen LogP contribution >= 0.6 is 0 Å². The largest absolute Gasteiger partial charge is 0.492 e. The van der Waals surface area contributed by atoms with Crippen LogP contribution < -0.4 is 15.8 Å². The Kier molecular flexibility index (Phi) is 5.08. The van der Waals surface area contributed by atoms with E-state index in [-0.39, 0.29) is 12.3 Å². The Labute approximate surface area is 117 Å². The van der Waals surface area contributed by atoms with E-state index >= 15 is 0 Å². The van der Waals surface area contributed by atoms with Gasteiger partial charge in [-0.05, 0) is 36.4 Å². The fraction of sp³-hybridized carbons (Fsp3) is 0.200. The minimum atomic E-state index is -0.0978. The second-order valence-corrected chi connectivity index (χ2v) is 4.21. The summed E-state index contributed by atoms with van der Waals surface area (Å²) in [4.78, 5) is 16.0. The van der Waals surface area contributed by atoms with Gasteiger partial charge in [-0.25, -0.2) is 0 Å². The van der Waals surface area contributed by atoms with Gasteiger partial charge in [-0.3, -0.25) is 9.78 Å². The highest BCUT2D eigenvalue weighted by Crippen LogP contribution is 2.15. The van der Waals surface area contributed by atoms with E-state index in [9.17, 15) is 4.79 Å². The van der Waals surface area contributed by atoms with E-state index in [0.29, 0.717) is 13.2 Å². The number of nitrogens with zero attached hydrogens (tertiary/aromatic N) is 1. The Balaban J connectivity index is 1.88. The van der Waals surface area contributed by atoms with Crippen molar-refractivity contribution >= 4 is 11.6 Å². The molecule has 0 bridgehead atoms. The average molecular weight is 271 g/mol. The molecule has 0 aliphatic rings. The topological polar surface area (TPSA) is 77.2 Å². The minimum Gasteiger partial charge on any atom is -0.492 e. The van der Waals surface area contributed by atoms with E-state index in [1.807, 2.05) is 18.2 Å². The molecule has 3 N–H and O–H groups in total. The van der Waals surface area contributed by atoms with Crippen LogP contribution in [0.2, 0.25) is 0 Å². The number of hydrogen-bond acceptors (Lipinski definition) is 4. The minimum absolute atomic E-state index is 0.0978. The fourth-order valence-electron chi connectivity index (χ4n) is 1.68. The van der Waals surface area contributed by atoms with Crippen LogP contribution in [0, 0.1) is 0 Å². The first-order valence-corrected chi connectivity index (χ1v) is 6.40.